The van der Waals surface area contributed by atoms with Crippen LogP contribution in [0.3, 0.4) is 0 Å². The second kappa shape index (κ2) is 5.73. The zero-order valence-electron chi connectivity index (χ0n) is 14.9. The van der Waals surface area contributed by atoms with Gasteiger partial charge in [-0.15, -0.1) is 0 Å². The fraction of sp³-hybridized carbons (Fsp3) is 0.238. The lowest BCUT2D eigenvalue weighted by Gasteiger charge is -2.30. The minimum absolute atomic E-state index is 0.00482. The number of methoxy groups -OCH3 is 1. The molecule has 0 spiro atoms. The van der Waals surface area contributed by atoms with Crippen LogP contribution in [-0.4, -0.2) is 29.5 Å². The molecule has 0 fully saturated rings. The molecule has 134 valence electrons. The normalized spacial score (nSPS) is 16.7. The van der Waals surface area contributed by atoms with Crippen LogP contribution in [0.15, 0.2) is 30.3 Å². The quantitative estimate of drug-likeness (QED) is 0.847. The molecule has 0 amide bonds. The smallest absolute Gasteiger partial charge is 0.140 e. The van der Waals surface area contributed by atoms with Crippen molar-refractivity contribution >= 4 is 17.7 Å². The van der Waals surface area contributed by atoms with Gasteiger partial charge in [0.1, 0.15) is 41.0 Å². The Morgan fingerprint density at radius 3 is 2.62 bits per heavy atom. The molecule has 0 aliphatic carbocycles. The van der Waals surface area contributed by atoms with Crippen molar-refractivity contribution in [2.45, 2.75) is 19.4 Å². The van der Waals surface area contributed by atoms with Gasteiger partial charge in [-0.2, -0.15) is 0 Å². The van der Waals surface area contributed by atoms with Gasteiger partial charge in [0, 0.05) is 23.3 Å². The lowest BCUT2D eigenvalue weighted by Crippen LogP contribution is -2.27. The molecule has 0 saturated heterocycles. The van der Waals surface area contributed by atoms with E-state index in [9.17, 15) is 10.2 Å². The Morgan fingerprint density at radius 2 is 1.88 bits per heavy atom. The number of phenolic OH excluding ortho intramolecular Hbond substituents is 2. The molecular formula is C21H20O5. The zero-order valence-corrected chi connectivity index (χ0v) is 14.9. The van der Waals surface area contributed by atoms with Crippen molar-refractivity contribution in [3.05, 3.63) is 47.0 Å². The molecule has 0 aromatic heterocycles. The average molecular weight is 352 g/mol. The van der Waals surface area contributed by atoms with Crippen molar-refractivity contribution in [3.63, 3.8) is 0 Å². The number of fused-ring (bicyclic) bond motifs is 2. The molecule has 2 aliphatic rings. The molecule has 5 nitrogen and oxygen atoms in total. The minimum atomic E-state index is -0.389. The van der Waals surface area contributed by atoms with E-state index >= 15 is 0 Å². The van der Waals surface area contributed by atoms with Crippen LogP contribution in [-0.2, 0) is 0 Å². The predicted molar refractivity (Wildman–Crippen MR) is 99.9 cm³/mol. The highest BCUT2D eigenvalue weighted by Gasteiger charge is 2.29. The van der Waals surface area contributed by atoms with Crippen molar-refractivity contribution < 1.29 is 24.4 Å². The number of aromatic hydroxyl groups is 2. The maximum Gasteiger partial charge on any atom is 0.140 e. The molecular weight excluding hydrogens is 332 g/mol. The predicted octanol–water partition coefficient (Wildman–Crippen LogP) is 4.22. The molecule has 0 unspecified atom stereocenters. The Labute approximate surface area is 151 Å². The first-order chi connectivity index (χ1) is 12.4. The second-order valence-corrected chi connectivity index (χ2v) is 6.93. The van der Waals surface area contributed by atoms with Crippen LogP contribution in [0.25, 0.3) is 17.7 Å². The third kappa shape index (κ3) is 2.65. The number of hydrogen-bond acceptors (Lipinski definition) is 5. The van der Waals surface area contributed by atoms with Crippen LogP contribution >= 0.6 is 0 Å². The molecule has 2 aromatic carbocycles. The highest BCUT2D eigenvalue weighted by molar-refractivity contribution is 5.91. The van der Waals surface area contributed by atoms with E-state index in [-0.39, 0.29) is 17.1 Å². The second-order valence-electron chi connectivity index (χ2n) is 6.93. The van der Waals surface area contributed by atoms with E-state index in [0.29, 0.717) is 23.7 Å². The van der Waals surface area contributed by atoms with Gasteiger partial charge >= 0.3 is 0 Å². The van der Waals surface area contributed by atoms with Crippen molar-refractivity contribution in [2.75, 3.05) is 13.7 Å². The highest BCUT2D eigenvalue weighted by Crippen LogP contribution is 2.47. The molecule has 2 N–H and O–H groups in total. The summed E-state index contributed by atoms with van der Waals surface area (Å²) in [6.07, 6.45) is 5.93. The van der Waals surface area contributed by atoms with Gasteiger partial charge in [0.05, 0.1) is 18.2 Å². The maximum atomic E-state index is 10.1. The number of rotatable bonds is 2. The highest BCUT2D eigenvalue weighted by atomic mass is 16.5. The van der Waals surface area contributed by atoms with Crippen molar-refractivity contribution in [2.24, 2.45) is 0 Å². The van der Waals surface area contributed by atoms with E-state index in [2.05, 4.69) is 0 Å². The molecule has 4 rings (SSSR count). The molecule has 26 heavy (non-hydrogen) atoms. The van der Waals surface area contributed by atoms with Crippen LogP contribution in [0.1, 0.15) is 30.5 Å². The Bertz CT molecular complexity index is 953. The SMILES string of the molecule is COc1c2c(cc3c1C=CC(C)(C)O3)OCC(c1ccc(O)cc1O)=C2. The first-order valence-corrected chi connectivity index (χ1v) is 8.37. The first kappa shape index (κ1) is 16.4. The summed E-state index contributed by atoms with van der Waals surface area (Å²) in [5.41, 5.74) is 2.68. The number of hydrogen-bond donors (Lipinski definition) is 2. The van der Waals surface area contributed by atoms with Crippen LogP contribution in [0.5, 0.6) is 28.7 Å². The lowest BCUT2D eigenvalue weighted by atomic mass is 9.95. The molecule has 2 aliphatic heterocycles. The van der Waals surface area contributed by atoms with Gasteiger partial charge in [0.25, 0.3) is 0 Å². The van der Waals surface area contributed by atoms with Gasteiger partial charge in [-0.1, -0.05) is 0 Å². The van der Waals surface area contributed by atoms with Crippen molar-refractivity contribution in [1.82, 2.24) is 0 Å². The van der Waals surface area contributed by atoms with Crippen LogP contribution < -0.4 is 14.2 Å². The monoisotopic (exact) mass is 352 g/mol. The van der Waals surface area contributed by atoms with Gasteiger partial charge in [0.15, 0.2) is 0 Å². The Hall–Kier alpha value is -3.08. The van der Waals surface area contributed by atoms with Gasteiger partial charge in [-0.05, 0) is 44.2 Å². The van der Waals surface area contributed by atoms with Gasteiger partial charge in [-0.25, -0.2) is 0 Å². The number of ether oxygens (including phenoxy) is 3. The third-order valence-corrected chi connectivity index (χ3v) is 4.54. The Kier molecular flexibility index (Phi) is 3.61. The van der Waals surface area contributed by atoms with Crippen molar-refractivity contribution in [3.8, 4) is 28.7 Å². The number of benzene rings is 2. The summed E-state index contributed by atoms with van der Waals surface area (Å²) in [6.45, 7) is 4.28. The van der Waals surface area contributed by atoms with Crippen LogP contribution in [0.2, 0.25) is 0 Å². The lowest BCUT2D eigenvalue weighted by molar-refractivity contribution is 0.157. The summed E-state index contributed by atoms with van der Waals surface area (Å²) in [4.78, 5) is 0. The molecule has 0 saturated carbocycles. The summed E-state index contributed by atoms with van der Waals surface area (Å²) >= 11 is 0. The maximum absolute atomic E-state index is 10.1. The topological polar surface area (TPSA) is 68.2 Å². The van der Waals surface area contributed by atoms with Crippen LogP contribution in [0, 0.1) is 0 Å². The standard InChI is InChI=1S/C21H20O5/c1-21(2)7-6-15-19(26-21)10-18-16(20(15)24-3)8-12(11-25-18)14-5-4-13(22)9-17(14)23/h4-10,22-23H,11H2,1-3H3. The average Bonchev–Trinajstić information content (AvgIpc) is 2.58. The van der Waals surface area contributed by atoms with Crippen LogP contribution in [0.4, 0.5) is 0 Å². The molecule has 0 radical (unpaired) electrons. The molecule has 2 heterocycles. The fourth-order valence-corrected chi connectivity index (χ4v) is 3.28. The zero-order chi connectivity index (χ0) is 18.5. The molecule has 5 heteroatoms. The molecule has 0 atom stereocenters. The van der Waals surface area contributed by atoms with E-state index < -0.39 is 0 Å². The summed E-state index contributed by atoms with van der Waals surface area (Å²) in [5.74, 6) is 2.08. The Balaban J connectivity index is 1.86. The largest absolute Gasteiger partial charge is 0.508 e. The van der Waals surface area contributed by atoms with Gasteiger partial charge in [-0.3, -0.25) is 0 Å². The third-order valence-electron chi connectivity index (χ3n) is 4.54. The van der Waals surface area contributed by atoms with E-state index in [1.165, 1.54) is 12.1 Å². The molecule has 2 aromatic rings. The van der Waals surface area contributed by atoms with Gasteiger partial charge < -0.3 is 24.4 Å². The van der Waals surface area contributed by atoms with E-state index in [4.69, 9.17) is 14.2 Å². The summed E-state index contributed by atoms with van der Waals surface area (Å²) in [7, 11) is 1.61. The summed E-state index contributed by atoms with van der Waals surface area (Å²) in [5, 5.41) is 19.6. The molecule has 0 bridgehead atoms. The Morgan fingerprint density at radius 1 is 1.08 bits per heavy atom. The van der Waals surface area contributed by atoms with Crippen molar-refractivity contribution in [1.29, 1.82) is 0 Å². The summed E-state index contributed by atoms with van der Waals surface area (Å²) < 4.78 is 17.6. The van der Waals surface area contributed by atoms with E-state index in [1.807, 2.05) is 38.1 Å². The number of phenols is 2. The fourth-order valence-electron chi connectivity index (χ4n) is 3.28. The summed E-state index contributed by atoms with van der Waals surface area (Å²) in [6, 6.07) is 6.40. The minimum Gasteiger partial charge on any atom is -0.508 e. The first-order valence-electron chi connectivity index (χ1n) is 8.37. The van der Waals surface area contributed by atoms with E-state index in [0.717, 1.165) is 22.4 Å². The van der Waals surface area contributed by atoms with E-state index in [1.54, 1.807) is 13.2 Å². The van der Waals surface area contributed by atoms with Gasteiger partial charge in [0.2, 0.25) is 0 Å².